The summed E-state index contributed by atoms with van der Waals surface area (Å²) in [5.74, 6) is 1.23. The Kier molecular flexibility index (Phi) is 5.76. The van der Waals surface area contributed by atoms with Crippen molar-refractivity contribution in [2.75, 3.05) is 30.4 Å². The number of anilines is 2. The number of fused-ring (bicyclic) bond motifs is 1. The smallest absolute Gasteiger partial charge is 0.224 e. The number of nitrogens with zero attached hydrogens (tertiary/aromatic N) is 5. The first-order valence-corrected chi connectivity index (χ1v) is 11.7. The molecule has 1 aliphatic heterocycles. The molecule has 0 unspecified atom stereocenters. The van der Waals surface area contributed by atoms with Gasteiger partial charge in [0.25, 0.3) is 0 Å². The molecule has 7 heteroatoms. The van der Waals surface area contributed by atoms with Gasteiger partial charge in [-0.25, -0.2) is 9.67 Å². The first-order chi connectivity index (χ1) is 15.2. The zero-order chi connectivity index (χ0) is 21.2. The van der Waals surface area contributed by atoms with Crippen LogP contribution in [-0.2, 0) is 6.54 Å². The molecule has 2 aromatic heterocycles. The fourth-order valence-corrected chi connectivity index (χ4v) is 5.02. The van der Waals surface area contributed by atoms with E-state index in [9.17, 15) is 0 Å². The third-order valence-corrected chi connectivity index (χ3v) is 6.90. The van der Waals surface area contributed by atoms with Gasteiger partial charge in [0.05, 0.1) is 5.39 Å². The first-order valence-electron chi connectivity index (χ1n) is 11.7. The molecule has 7 nitrogen and oxygen atoms in total. The lowest BCUT2D eigenvalue weighted by Crippen LogP contribution is -2.29. The second-order valence-electron chi connectivity index (χ2n) is 9.09. The number of nitrogens with two attached hydrogens (primary N) is 1. The van der Waals surface area contributed by atoms with Crippen LogP contribution in [0.1, 0.15) is 44.9 Å². The lowest BCUT2D eigenvalue weighted by atomic mass is 9.86. The van der Waals surface area contributed by atoms with Gasteiger partial charge in [-0.05, 0) is 63.0 Å². The number of hydrogen-bond acceptors (Lipinski definition) is 6. The molecule has 1 saturated carbocycles. The summed E-state index contributed by atoms with van der Waals surface area (Å²) in [5, 5.41) is 9.11. The van der Waals surface area contributed by atoms with E-state index < -0.39 is 0 Å². The number of nitrogens with one attached hydrogen (secondary N) is 1. The third-order valence-electron chi connectivity index (χ3n) is 6.90. The van der Waals surface area contributed by atoms with Crippen molar-refractivity contribution in [3.8, 4) is 11.3 Å². The van der Waals surface area contributed by atoms with Gasteiger partial charge in [-0.1, -0.05) is 12.1 Å². The van der Waals surface area contributed by atoms with Gasteiger partial charge in [0, 0.05) is 50.2 Å². The predicted octanol–water partition coefficient (Wildman–Crippen LogP) is 4.04. The Balaban J connectivity index is 1.46. The van der Waals surface area contributed by atoms with Gasteiger partial charge in [-0.3, -0.25) is 0 Å². The van der Waals surface area contributed by atoms with Crippen molar-refractivity contribution in [3.05, 3.63) is 30.5 Å². The lowest BCUT2D eigenvalue weighted by Gasteiger charge is -2.28. The van der Waals surface area contributed by atoms with Gasteiger partial charge in [-0.15, -0.1) is 0 Å². The van der Waals surface area contributed by atoms with Crippen molar-refractivity contribution in [3.63, 3.8) is 0 Å². The van der Waals surface area contributed by atoms with Gasteiger partial charge < -0.3 is 16.0 Å². The minimum absolute atomic E-state index is 0.359. The molecule has 2 fully saturated rings. The highest BCUT2D eigenvalue weighted by atomic mass is 15.3. The van der Waals surface area contributed by atoms with E-state index in [1.807, 2.05) is 13.2 Å². The Labute approximate surface area is 184 Å². The number of benzene rings is 1. The van der Waals surface area contributed by atoms with Crippen LogP contribution < -0.4 is 16.0 Å². The van der Waals surface area contributed by atoms with E-state index >= 15 is 0 Å². The Morgan fingerprint density at radius 2 is 1.77 bits per heavy atom. The number of hydrogen-bond donors (Lipinski definition) is 2. The van der Waals surface area contributed by atoms with Crippen LogP contribution in [0.5, 0.6) is 0 Å². The molecule has 0 spiro atoms. The van der Waals surface area contributed by atoms with E-state index in [2.05, 4.69) is 44.1 Å². The van der Waals surface area contributed by atoms with E-state index in [1.165, 1.54) is 24.9 Å². The monoisotopic (exact) mass is 419 g/mol. The van der Waals surface area contributed by atoms with Crippen molar-refractivity contribution < 1.29 is 0 Å². The number of rotatable bonds is 5. The molecule has 0 radical (unpaired) electrons. The maximum Gasteiger partial charge on any atom is 0.224 e. The Morgan fingerprint density at radius 3 is 2.48 bits per heavy atom. The van der Waals surface area contributed by atoms with E-state index in [1.54, 1.807) is 0 Å². The topological polar surface area (TPSA) is 84.9 Å². The fraction of sp³-hybridized carbons (Fsp3) is 0.542. The molecular weight excluding hydrogens is 386 g/mol. The summed E-state index contributed by atoms with van der Waals surface area (Å²) >= 11 is 0. The third kappa shape index (κ3) is 4.24. The molecule has 0 bridgehead atoms. The average molecular weight is 420 g/mol. The van der Waals surface area contributed by atoms with E-state index in [0.29, 0.717) is 17.9 Å². The van der Waals surface area contributed by atoms with Crippen LogP contribution in [0, 0.1) is 5.92 Å². The van der Waals surface area contributed by atoms with Crippen LogP contribution in [0.2, 0.25) is 0 Å². The highest BCUT2D eigenvalue weighted by Crippen LogP contribution is 2.31. The minimum atomic E-state index is 0.359. The van der Waals surface area contributed by atoms with Crippen molar-refractivity contribution in [1.29, 1.82) is 0 Å². The normalized spacial score (nSPS) is 22.1. The standard InChI is InChI=1S/C24H33N7/c1-26-24-27-15-21-22(18-7-11-20(12-8-18)30-13-3-2-4-14-30)29-31(23(21)28-24)16-17-5-9-19(25)10-6-17/h7-8,11-12,15,17,19H,2-6,9-10,13-14,16,25H2,1H3,(H,26,27,28). The van der Waals surface area contributed by atoms with Crippen LogP contribution in [0.4, 0.5) is 11.6 Å². The molecule has 0 amide bonds. The lowest BCUT2D eigenvalue weighted by molar-refractivity contribution is 0.288. The fourth-order valence-electron chi connectivity index (χ4n) is 5.02. The summed E-state index contributed by atoms with van der Waals surface area (Å²) < 4.78 is 2.09. The van der Waals surface area contributed by atoms with E-state index in [4.69, 9.17) is 15.8 Å². The molecule has 1 aromatic carbocycles. The summed E-state index contributed by atoms with van der Waals surface area (Å²) in [7, 11) is 1.85. The van der Waals surface area contributed by atoms with Gasteiger partial charge in [0.1, 0.15) is 5.69 Å². The Hall–Kier alpha value is -2.67. The minimum Gasteiger partial charge on any atom is -0.372 e. The maximum atomic E-state index is 6.11. The van der Waals surface area contributed by atoms with Gasteiger partial charge in [0.15, 0.2) is 5.65 Å². The summed E-state index contributed by atoms with van der Waals surface area (Å²) in [6, 6.07) is 9.22. The van der Waals surface area contributed by atoms with Crippen molar-refractivity contribution in [2.45, 2.75) is 57.5 Å². The molecule has 3 heterocycles. The van der Waals surface area contributed by atoms with Crippen LogP contribution >= 0.6 is 0 Å². The quantitative estimate of drug-likeness (QED) is 0.649. The summed E-state index contributed by atoms with van der Waals surface area (Å²) in [4.78, 5) is 11.7. The van der Waals surface area contributed by atoms with Crippen molar-refractivity contribution in [2.24, 2.45) is 11.7 Å². The zero-order valence-corrected chi connectivity index (χ0v) is 18.4. The summed E-state index contributed by atoms with van der Waals surface area (Å²) in [6.07, 6.45) is 10.3. The summed E-state index contributed by atoms with van der Waals surface area (Å²) in [5.41, 5.74) is 10.4. The second-order valence-corrected chi connectivity index (χ2v) is 9.09. The number of piperidine rings is 1. The van der Waals surface area contributed by atoms with E-state index in [-0.39, 0.29) is 0 Å². The predicted molar refractivity (Wildman–Crippen MR) is 126 cm³/mol. The number of aromatic nitrogens is 4. The molecule has 1 saturated heterocycles. The van der Waals surface area contributed by atoms with Gasteiger partial charge >= 0.3 is 0 Å². The van der Waals surface area contributed by atoms with Crippen LogP contribution in [-0.4, -0.2) is 45.9 Å². The van der Waals surface area contributed by atoms with Gasteiger partial charge in [0.2, 0.25) is 5.95 Å². The van der Waals surface area contributed by atoms with Crippen LogP contribution in [0.25, 0.3) is 22.3 Å². The average Bonchev–Trinajstić information content (AvgIpc) is 3.18. The molecule has 3 aromatic rings. The molecule has 0 atom stereocenters. The largest absolute Gasteiger partial charge is 0.372 e. The molecule has 31 heavy (non-hydrogen) atoms. The van der Waals surface area contributed by atoms with Crippen LogP contribution in [0.3, 0.4) is 0 Å². The highest BCUT2D eigenvalue weighted by molar-refractivity contribution is 5.91. The van der Waals surface area contributed by atoms with Crippen molar-refractivity contribution in [1.82, 2.24) is 19.7 Å². The van der Waals surface area contributed by atoms with E-state index in [0.717, 1.165) is 67.6 Å². The SMILES string of the molecule is CNc1ncc2c(-c3ccc(N4CCCCC4)cc3)nn(CC3CCC(N)CC3)c2n1. The Bertz CT molecular complexity index is 1010. The van der Waals surface area contributed by atoms with Crippen molar-refractivity contribution >= 4 is 22.7 Å². The van der Waals surface area contributed by atoms with Crippen LogP contribution in [0.15, 0.2) is 30.5 Å². The highest BCUT2D eigenvalue weighted by Gasteiger charge is 2.22. The first kappa shape index (κ1) is 20.2. The molecule has 5 rings (SSSR count). The molecule has 1 aliphatic carbocycles. The molecule has 164 valence electrons. The molecular formula is C24H33N7. The summed E-state index contributed by atoms with van der Waals surface area (Å²) in [6.45, 7) is 3.19. The molecule has 2 aliphatic rings. The maximum absolute atomic E-state index is 6.11. The second kappa shape index (κ2) is 8.83. The van der Waals surface area contributed by atoms with Gasteiger partial charge in [-0.2, -0.15) is 10.1 Å². The molecule has 3 N–H and O–H groups in total. The Morgan fingerprint density at radius 1 is 1.03 bits per heavy atom. The zero-order valence-electron chi connectivity index (χ0n) is 18.4.